The average Bonchev–Trinajstić information content (AvgIpc) is 2.59. The Balaban J connectivity index is 1.95. The second-order valence-corrected chi connectivity index (χ2v) is 4.85. The van der Waals surface area contributed by atoms with Gasteiger partial charge in [-0.2, -0.15) is 0 Å². The molecule has 2 aromatic carbocycles. The minimum absolute atomic E-state index is 0.170. The van der Waals surface area contributed by atoms with Gasteiger partial charge < -0.3 is 20.5 Å². The van der Waals surface area contributed by atoms with Gasteiger partial charge in [0.25, 0.3) is 5.91 Å². The lowest BCUT2D eigenvalue weighted by atomic mass is 10.2. The molecule has 24 heavy (non-hydrogen) atoms. The summed E-state index contributed by atoms with van der Waals surface area (Å²) in [6.45, 7) is -0.170. The number of primary amides is 1. The first-order valence-corrected chi connectivity index (χ1v) is 7.22. The van der Waals surface area contributed by atoms with E-state index in [0.717, 1.165) is 5.56 Å². The van der Waals surface area contributed by atoms with Crippen molar-refractivity contribution >= 4 is 23.6 Å². The second-order valence-electron chi connectivity index (χ2n) is 4.85. The number of nitrogens with two attached hydrogens (primary N) is 1. The van der Waals surface area contributed by atoms with E-state index >= 15 is 0 Å². The lowest BCUT2D eigenvalue weighted by Gasteiger charge is -2.07. The lowest BCUT2D eigenvalue weighted by molar-refractivity contribution is -0.120. The molecule has 0 aromatic heterocycles. The maximum atomic E-state index is 12.0. The third-order valence-electron chi connectivity index (χ3n) is 3.05. The topological polar surface area (TPSA) is 90.7 Å². The number of anilines is 1. The molecule has 0 aliphatic rings. The number of carbonyl (C=O) groups excluding carboxylic acids is 2. The van der Waals surface area contributed by atoms with E-state index in [1.807, 2.05) is 12.1 Å². The molecule has 0 fully saturated rings. The molecule has 124 valence electrons. The molecule has 0 spiro atoms. The van der Waals surface area contributed by atoms with Crippen molar-refractivity contribution in [1.82, 2.24) is 0 Å². The van der Waals surface area contributed by atoms with Crippen molar-refractivity contribution < 1.29 is 19.1 Å². The van der Waals surface area contributed by atoms with Crippen LogP contribution in [-0.2, 0) is 9.59 Å². The maximum absolute atomic E-state index is 12.0. The van der Waals surface area contributed by atoms with Crippen molar-refractivity contribution in [2.75, 3.05) is 19.0 Å². The Kier molecular flexibility index (Phi) is 5.96. The van der Waals surface area contributed by atoms with Crippen molar-refractivity contribution in [3.63, 3.8) is 0 Å². The van der Waals surface area contributed by atoms with Crippen molar-refractivity contribution in [2.45, 2.75) is 0 Å². The van der Waals surface area contributed by atoms with Crippen LogP contribution in [-0.4, -0.2) is 25.5 Å². The van der Waals surface area contributed by atoms with E-state index in [1.165, 1.54) is 6.08 Å². The summed E-state index contributed by atoms with van der Waals surface area (Å²) < 4.78 is 10.3. The van der Waals surface area contributed by atoms with Crippen LogP contribution in [0.3, 0.4) is 0 Å². The highest BCUT2D eigenvalue weighted by molar-refractivity contribution is 6.02. The minimum Gasteiger partial charge on any atom is -0.495 e. The summed E-state index contributed by atoms with van der Waals surface area (Å²) in [7, 11) is 1.54. The third-order valence-corrected chi connectivity index (χ3v) is 3.05. The number of para-hydroxylation sites is 2. The number of hydrogen-bond acceptors (Lipinski definition) is 4. The first-order chi connectivity index (χ1) is 11.6. The van der Waals surface area contributed by atoms with E-state index in [0.29, 0.717) is 17.2 Å². The Hall–Kier alpha value is -3.28. The standard InChI is InChI=1S/C18H18N2O4/c1-23-16-5-3-2-4-15(16)20-18(22)11-8-13-6-9-14(10-7-13)24-12-17(19)21/h2-11H,12H2,1H3,(H2,19,21)(H,20,22)/b11-8+. The average molecular weight is 326 g/mol. The number of nitrogens with one attached hydrogen (secondary N) is 1. The fourth-order valence-corrected chi connectivity index (χ4v) is 1.92. The van der Waals surface area contributed by atoms with Gasteiger partial charge in [-0.05, 0) is 35.9 Å². The zero-order chi connectivity index (χ0) is 17.4. The first-order valence-electron chi connectivity index (χ1n) is 7.22. The van der Waals surface area contributed by atoms with Gasteiger partial charge in [-0.25, -0.2) is 0 Å². The highest BCUT2D eigenvalue weighted by Gasteiger charge is 2.04. The van der Waals surface area contributed by atoms with Gasteiger partial charge in [0.05, 0.1) is 12.8 Å². The molecule has 3 N–H and O–H groups in total. The Morgan fingerprint density at radius 2 is 1.83 bits per heavy atom. The molecule has 6 nitrogen and oxygen atoms in total. The van der Waals surface area contributed by atoms with Crippen LogP contribution < -0.4 is 20.5 Å². The van der Waals surface area contributed by atoms with Crippen LogP contribution in [0.5, 0.6) is 11.5 Å². The molecule has 0 aliphatic carbocycles. The summed E-state index contributed by atoms with van der Waals surface area (Å²) in [5.74, 6) is 0.320. The molecule has 0 atom stereocenters. The highest BCUT2D eigenvalue weighted by Crippen LogP contribution is 2.23. The van der Waals surface area contributed by atoms with Crippen LogP contribution in [0, 0.1) is 0 Å². The summed E-state index contributed by atoms with van der Waals surface area (Å²) in [5, 5.41) is 2.75. The zero-order valence-electron chi connectivity index (χ0n) is 13.2. The molecule has 2 amide bonds. The Labute approximate surface area is 139 Å². The Morgan fingerprint density at radius 1 is 1.12 bits per heavy atom. The van der Waals surface area contributed by atoms with Crippen molar-refractivity contribution in [3.8, 4) is 11.5 Å². The van der Waals surface area contributed by atoms with Crippen LogP contribution in [0.2, 0.25) is 0 Å². The van der Waals surface area contributed by atoms with Crippen molar-refractivity contribution in [1.29, 1.82) is 0 Å². The van der Waals surface area contributed by atoms with Crippen molar-refractivity contribution in [3.05, 3.63) is 60.2 Å². The summed E-state index contributed by atoms with van der Waals surface area (Å²) in [6, 6.07) is 14.1. The number of amides is 2. The minimum atomic E-state index is -0.535. The molecular weight excluding hydrogens is 308 g/mol. The SMILES string of the molecule is COc1ccccc1NC(=O)/C=C/c1ccc(OCC(N)=O)cc1. The summed E-state index contributed by atoms with van der Waals surface area (Å²) in [4.78, 5) is 22.6. The van der Waals surface area contributed by atoms with E-state index in [1.54, 1.807) is 49.6 Å². The number of rotatable bonds is 7. The largest absolute Gasteiger partial charge is 0.495 e. The van der Waals surface area contributed by atoms with E-state index in [-0.39, 0.29) is 12.5 Å². The molecule has 0 aliphatic heterocycles. The molecule has 0 bridgehead atoms. The Bertz CT molecular complexity index is 739. The van der Waals surface area contributed by atoms with Crippen LogP contribution >= 0.6 is 0 Å². The zero-order valence-corrected chi connectivity index (χ0v) is 13.2. The third kappa shape index (κ3) is 5.17. The van der Waals surface area contributed by atoms with Crippen LogP contribution in [0.4, 0.5) is 5.69 Å². The van der Waals surface area contributed by atoms with Crippen LogP contribution in [0.1, 0.15) is 5.56 Å². The van der Waals surface area contributed by atoms with Gasteiger partial charge in [-0.3, -0.25) is 9.59 Å². The number of ether oxygens (including phenoxy) is 2. The molecule has 0 saturated heterocycles. The van der Waals surface area contributed by atoms with Gasteiger partial charge in [0.15, 0.2) is 6.61 Å². The molecule has 0 saturated carbocycles. The first kappa shape index (κ1) is 17.1. The van der Waals surface area contributed by atoms with Crippen molar-refractivity contribution in [2.24, 2.45) is 5.73 Å². The van der Waals surface area contributed by atoms with Gasteiger partial charge in [-0.15, -0.1) is 0 Å². The highest BCUT2D eigenvalue weighted by atomic mass is 16.5. The van der Waals surface area contributed by atoms with E-state index < -0.39 is 5.91 Å². The van der Waals surface area contributed by atoms with E-state index in [9.17, 15) is 9.59 Å². The van der Waals surface area contributed by atoms with E-state index in [2.05, 4.69) is 5.32 Å². The van der Waals surface area contributed by atoms with Gasteiger partial charge in [-0.1, -0.05) is 24.3 Å². The number of methoxy groups -OCH3 is 1. The number of hydrogen-bond donors (Lipinski definition) is 2. The Morgan fingerprint density at radius 3 is 2.50 bits per heavy atom. The predicted octanol–water partition coefficient (Wildman–Crippen LogP) is 2.21. The van der Waals surface area contributed by atoms with Gasteiger partial charge >= 0.3 is 0 Å². The smallest absolute Gasteiger partial charge is 0.255 e. The lowest BCUT2D eigenvalue weighted by Crippen LogP contribution is -2.19. The van der Waals surface area contributed by atoms with Gasteiger partial charge in [0, 0.05) is 6.08 Å². The molecule has 2 rings (SSSR count). The summed E-state index contributed by atoms with van der Waals surface area (Å²) >= 11 is 0. The normalized spacial score (nSPS) is 10.4. The second kappa shape index (κ2) is 8.38. The fourth-order valence-electron chi connectivity index (χ4n) is 1.92. The summed E-state index contributed by atoms with van der Waals surface area (Å²) in [6.07, 6.45) is 3.09. The van der Waals surface area contributed by atoms with Gasteiger partial charge in [0.2, 0.25) is 5.91 Å². The quantitative estimate of drug-likeness (QED) is 0.763. The monoisotopic (exact) mass is 326 g/mol. The molecule has 0 unspecified atom stereocenters. The number of benzene rings is 2. The molecule has 0 heterocycles. The maximum Gasteiger partial charge on any atom is 0.255 e. The van der Waals surface area contributed by atoms with E-state index in [4.69, 9.17) is 15.2 Å². The molecule has 6 heteroatoms. The van der Waals surface area contributed by atoms with Crippen LogP contribution in [0.15, 0.2) is 54.6 Å². The van der Waals surface area contributed by atoms with Crippen LogP contribution in [0.25, 0.3) is 6.08 Å². The van der Waals surface area contributed by atoms with Gasteiger partial charge in [0.1, 0.15) is 11.5 Å². The molecule has 0 radical (unpaired) electrons. The fraction of sp³-hybridized carbons (Fsp3) is 0.111. The molecule has 2 aromatic rings. The predicted molar refractivity (Wildman–Crippen MR) is 91.8 cm³/mol. The number of carbonyl (C=O) groups is 2. The molecular formula is C18H18N2O4. The summed E-state index contributed by atoms with van der Waals surface area (Å²) in [5.41, 5.74) is 6.42.